The van der Waals surface area contributed by atoms with Crippen LogP contribution in [0.5, 0.6) is 11.5 Å². The molecular formula is C22H23NO3S2. The zero-order valence-corrected chi connectivity index (χ0v) is 18.0. The lowest BCUT2D eigenvalue weighted by atomic mass is 10.1. The van der Waals surface area contributed by atoms with Crippen LogP contribution in [-0.4, -0.2) is 28.3 Å². The van der Waals surface area contributed by atoms with Gasteiger partial charge in [0.2, 0.25) is 0 Å². The predicted molar refractivity (Wildman–Crippen MR) is 119 cm³/mol. The van der Waals surface area contributed by atoms with Gasteiger partial charge in [-0.3, -0.25) is 9.69 Å². The van der Waals surface area contributed by atoms with Crippen molar-refractivity contribution >= 4 is 40.3 Å². The summed E-state index contributed by atoms with van der Waals surface area (Å²) in [6.45, 7) is 5.92. The second kappa shape index (κ2) is 8.80. The van der Waals surface area contributed by atoms with Crippen molar-refractivity contribution in [1.82, 2.24) is 4.90 Å². The van der Waals surface area contributed by atoms with Gasteiger partial charge in [0.05, 0.1) is 24.2 Å². The molecule has 3 rings (SSSR count). The molecule has 1 aliphatic rings. The van der Waals surface area contributed by atoms with Crippen molar-refractivity contribution in [3.05, 3.63) is 64.6 Å². The second-order valence-electron chi connectivity index (χ2n) is 6.72. The molecule has 1 fully saturated rings. The molecular weight excluding hydrogens is 390 g/mol. The summed E-state index contributed by atoms with van der Waals surface area (Å²) in [6, 6.07) is 15.4. The highest BCUT2D eigenvalue weighted by atomic mass is 32.2. The quantitative estimate of drug-likeness (QED) is 0.465. The van der Waals surface area contributed by atoms with Crippen LogP contribution in [-0.2, 0) is 4.79 Å². The van der Waals surface area contributed by atoms with Crippen LogP contribution in [0.3, 0.4) is 0 Å². The number of hydrogen-bond donors (Lipinski definition) is 0. The van der Waals surface area contributed by atoms with Crippen LogP contribution >= 0.6 is 24.0 Å². The number of carbonyl (C=O) groups excluding carboxylic acids is 1. The average molecular weight is 414 g/mol. The van der Waals surface area contributed by atoms with Crippen LogP contribution in [0, 0.1) is 0 Å². The smallest absolute Gasteiger partial charge is 0.266 e. The van der Waals surface area contributed by atoms with E-state index >= 15 is 0 Å². The van der Waals surface area contributed by atoms with Crippen LogP contribution < -0.4 is 9.47 Å². The molecule has 4 nitrogen and oxygen atoms in total. The Morgan fingerprint density at radius 1 is 1.07 bits per heavy atom. The highest BCUT2D eigenvalue weighted by Gasteiger charge is 2.35. The number of thioether (sulfide) groups is 1. The monoisotopic (exact) mass is 413 g/mol. The van der Waals surface area contributed by atoms with E-state index in [0.29, 0.717) is 20.7 Å². The Morgan fingerprint density at radius 3 is 2.43 bits per heavy atom. The van der Waals surface area contributed by atoms with Crippen LogP contribution in [0.15, 0.2) is 53.4 Å². The Labute approximate surface area is 175 Å². The zero-order valence-electron chi connectivity index (χ0n) is 16.3. The van der Waals surface area contributed by atoms with E-state index in [9.17, 15) is 4.79 Å². The van der Waals surface area contributed by atoms with E-state index in [1.807, 2.05) is 75.4 Å². The molecule has 1 aliphatic heterocycles. The van der Waals surface area contributed by atoms with Gasteiger partial charge in [-0.25, -0.2) is 0 Å². The Bertz CT molecular complexity index is 909. The summed E-state index contributed by atoms with van der Waals surface area (Å²) in [5.74, 6) is 1.24. The van der Waals surface area contributed by atoms with Gasteiger partial charge in [0.15, 0.2) is 11.5 Å². The molecule has 0 aromatic heterocycles. The fourth-order valence-corrected chi connectivity index (χ4v) is 4.39. The number of carbonyl (C=O) groups is 1. The minimum atomic E-state index is -0.115. The fourth-order valence-electron chi connectivity index (χ4n) is 2.97. The second-order valence-corrected chi connectivity index (χ2v) is 8.39. The first-order valence-corrected chi connectivity index (χ1v) is 10.3. The van der Waals surface area contributed by atoms with Crippen molar-refractivity contribution in [3.8, 4) is 11.5 Å². The summed E-state index contributed by atoms with van der Waals surface area (Å²) in [5, 5.41) is 0. The summed E-state index contributed by atoms with van der Waals surface area (Å²) >= 11 is 6.81. The summed E-state index contributed by atoms with van der Waals surface area (Å²) in [4.78, 5) is 15.3. The number of nitrogens with zero attached hydrogens (tertiary/aromatic N) is 1. The van der Waals surface area contributed by atoms with E-state index < -0.39 is 0 Å². The topological polar surface area (TPSA) is 38.8 Å². The van der Waals surface area contributed by atoms with Gasteiger partial charge in [-0.15, -0.1) is 0 Å². The molecule has 2 aromatic rings. The maximum Gasteiger partial charge on any atom is 0.266 e. The molecule has 1 unspecified atom stereocenters. The number of ether oxygens (including phenoxy) is 2. The SMILES string of the molecule is COc1cc(/C=C2/SC(=S)N(C(C)c3ccccc3)C2=O)ccc1OC(C)C. The van der Waals surface area contributed by atoms with E-state index in [1.165, 1.54) is 11.8 Å². The van der Waals surface area contributed by atoms with Crippen molar-refractivity contribution in [3.63, 3.8) is 0 Å². The Balaban J connectivity index is 1.85. The molecule has 1 heterocycles. The molecule has 1 atom stereocenters. The minimum absolute atomic E-state index is 0.0514. The highest BCUT2D eigenvalue weighted by Crippen LogP contribution is 2.39. The predicted octanol–water partition coefficient (Wildman–Crippen LogP) is 5.44. The molecule has 0 spiro atoms. The number of rotatable bonds is 6. The van der Waals surface area contributed by atoms with E-state index in [0.717, 1.165) is 11.1 Å². The standard InChI is InChI=1S/C22H23NO3S2/c1-14(2)26-18-11-10-16(12-19(18)25-4)13-20-21(24)23(22(27)28-20)15(3)17-8-6-5-7-9-17/h5-15H,1-4H3/b20-13+. The van der Waals surface area contributed by atoms with Crippen molar-refractivity contribution < 1.29 is 14.3 Å². The van der Waals surface area contributed by atoms with E-state index in [4.69, 9.17) is 21.7 Å². The Kier molecular flexibility index (Phi) is 6.42. The first-order valence-electron chi connectivity index (χ1n) is 9.07. The zero-order chi connectivity index (χ0) is 20.3. The van der Waals surface area contributed by atoms with Gasteiger partial charge in [0.1, 0.15) is 4.32 Å². The first kappa shape index (κ1) is 20.4. The number of hydrogen-bond acceptors (Lipinski definition) is 5. The van der Waals surface area contributed by atoms with E-state index in [1.54, 1.807) is 12.0 Å². The molecule has 0 N–H and O–H groups in total. The van der Waals surface area contributed by atoms with Gasteiger partial charge >= 0.3 is 0 Å². The van der Waals surface area contributed by atoms with Gasteiger partial charge in [-0.1, -0.05) is 60.4 Å². The molecule has 0 aliphatic carbocycles. The maximum absolute atomic E-state index is 13.0. The molecule has 2 aromatic carbocycles. The van der Waals surface area contributed by atoms with Gasteiger partial charge < -0.3 is 9.47 Å². The van der Waals surface area contributed by atoms with Crippen molar-refractivity contribution in [2.75, 3.05) is 7.11 Å². The third-order valence-corrected chi connectivity index (χ3v) is 5.67. The summed E-state index contributed by atoms with van der Waals surface area (Å²) in [5.41, 5.74) is 1.91. The molecule has 6 heteroatoms. The Morgan fingerprint density at radius 2 is 1.79 bits per heavy atom. The van der Waals surface area contributed by atoms with Crippen molar-refractivity contribution in [2.24, 2.45) is 0 Å². The molecule has 0 bridgehead atoms. The lowest BCUT2D eigenvalue weighted by Crippen LogP contribution is -2.30. The van der Waals surface area contributed by atoms with Crippen molar-refractivity contribution in [2.45, 2.75) is 32.9 Å². The molecule has 1 amide bonds. The van der Waals surface area contributed by atoms with Crippen LogP contribution in [0.25, 0.3) is 6.08 Å². The van der Waals surface area contributed by atoms with Crippen LogP contribution in [0.1, 0.15) is 37.9 Å². The third kappa shape index (κ3) is 4.39. The first-order chi connectivity index (χ1) is 13.4. The number of thiocarbonyl (C=S) groups is 1. The van der Waals surface area contributed by atoms with Gasteiger partial charge in [-0.2, -0.15) is 0 Å². The number of amides is 1. The molecule has 28 heavy (non-hydrogen) atoms. The lowest BCUT2D eigenvalue weighted by molar-refractivity contribution is -0.123. The van der Waals surface area contributed by atoms with Gasteiger partial charge in [-0.05, 0) is 50.1 Å². The van der Waals surface area contributed by atoms with E-state index in [2.05, 4.69) is 0 Å². The fraction of sp³-hybridized carbons (Fsp3) is 0.273. The largest absolute Gasteiger partial charge is 0.493 e. The number of methoxy groups -OCH3 is 1. The Hall–Kier alpha value is -2.31. The maximum atomic E-state index is 13.0. The lowest BCUT2D eigenvalue weighted by Gasteiger charge is -2.23. The molecule has 0 saturated carbocycles. The molecule has 1 saturated heterocycles. The average Bonchev–Trinajstić information content (AvgIpc) is 2.96. The minimum Gasteiger partial charge on any atom is -0.493 e. The van der Waals surface area contributed by atoms with Crippen molar-refractivity contribution in [1.29, 1.82) is 0 Å². The van der Waals surface area contributed by atoms with Crippen LogP contribution in [0.2, 0.25) is 0 Å². The summed E-state index contributed by atoms with van der Waals surface area (Å²) in [7, 11) is 1.60. The number of benzene rings is 2. The van der Waals surface area contributed by atoms with Crippen LogP contribution in [0.4, 0.5) is 0 Å². The summed E-state index contributed by atoms with van der Waals surface area (Å²) in [6.07, 6.45) is 1.90. The summed E-state index contributed by atoms with van der Waals surface area (Å²) < 4.78 is 11.8. The highest BCUT2D eigenvalue weighted by molar-refractivity contribution is 8.26. The molecule has 146 valence electrons. The normalized spacial score (nSPS) is 16.8. The van der Waals surface area contributed by atoms with Gasteiger partial charge in [0.25, 0.3) is 5.91 Å². The van der Waals surface area contributed by atoms with E-state index in [-0.39, 0.29) is 18.1 Å². The molecule has 0 radical (unpaired) electrons. The third-order valence-electron chi connectivity index (χ3n) is 4.34. The van der Waals surface area contributed by atoms with Gasteiger partial charge in [0, 0.05) is 0 Å².